The highest BCUT2D eigenvalue weighted by atomic mass is 16.6. The van der Waals surface area contributed by atoms with Gasteiger partial charge in [0, 0.05) is 26.3 Å². The second-order valence-corrected chi connectivity index (χ2v) is 4.33. The molecule has 1 atom stereocenters. The lowest BCUT2D eigenvalue weighted by atomic mass is 10.2. The summed E-state index contributed by atoms with van der Waals surface area (Å²) in [7, 11) is 1.59. The largest absolute Gasteiger partial charge is 0.479 e. The molecule has 1 unspecified atom stereocenters. The fourth-order valence-electron chi connectivity index (χ4n) is 1.56. The third-order valence-electron chi connectivity index (χ3n) is 2.68. The van der Waals surface area contributed by atoms with Crippen molar-refractivity contribution in [1.29, 1.82) is 0 Å². The van der Waals surface area contributed by atoms with Gasteiger partial charge in [0.25, 0.3) is 0 Å². The number of carbonyl (C=O) groups is 1. The van der Waals surface area contributed by atoms with Gasteiger partial charge in [-0.05, 0) is 18.6 Å². The molecule has 0 bridgehead atoms. The summed E-state index contributed by atoms with van der Waals surface area (Å²) in [6.07, 6.45) is -1.16. The van der Waals surface area contributed by atoms with Crippen LogP contribution in [0.25, 0.3) is 0 Å². The Labute approximate surface area is 121 Å². The lowest BCUT2D eigenvalue weighted by Crippen LogP contribution is -2.23. The van der Waals surface area contributed by atoms with Gasteiger partial charge in [-0.1, -0.05) is 6.07 Å². The van der Waals surface area contributed by atoms with Crippen molar-refractivity contribution >= 4 is 11.7 Å². The number of hydrogen-bond donors (Lipinski definition) is 2. The summed E-state index contributed by atoms with van der Waals surface area (Å²) < 4.78 is 9.97. The average molecular weight is 298 g/mol. The number of benzene rings is 1. The minimum absolute atomic E-state index is 0.0597. The Morgan fingerprint density at radius 2 is 2.24 bits per heavy atom. The van der Waals surface area contributed by atoms with E-state index in [0.717, 1.165) is 0 Å². The van der Waals surface area contributed by atoms with Gasteiger partial charge in [0.15, 0.2) is 11.9 Å². The van der Waals surface area contributed by atoms with E-state index in [2.05, 4.69) is 5.32 Å². The number of rotatable bonds is 9. The van der Waals surface area contributed by atoms with E-state index in [-0.39, 0.29) is 11.4 Å². The molecule has 0 spiro atoms. The summed E-state index contributed by atoms with van der Waals surface area (Å²) in [5, 5.41) is 22.9. The van der Waals surface area contributed by atoms with E-state index in [4.69, 9.17) is 14.6 Å². The molecule has 0 radical (unpaired) electrons. The number of aliphatic carboxylic acids is 1. The molecule has 0 aliphatic heterocycles. The highest BCUT2D eigenvalue weighted by Crippen LogP contribution is 2.28. The monoisotopic (exact) mass is 298 g/mol. The summed E-state index contributed by atoms with van der Waals surface area (Å²) in [6, 6.07) is 4.42. The van der Waals surface area contributed by atoms with Crippen LogP contribution >= 0.6 is 0 Å². The highest BCUT2D eigenvalue weighted by Gasteiger charge is 2.21. The first-order valence-electron chi connectivity index (χ1n) is 6.32. The van der Waals surface area contributed by atoms with Crippen molar-refractivity contribution in [3.63, 3.8) is 0 Å². The number of nitro groups is 1. The fourth-order valence-corrected chi connectivity index (χ4v) is 1.56. The summed E-state index contributed by atoms with van der Waals surface area (Å²) in [5.74, 6) is -1.25. The molecule has 0 aliphatic carbocycles. The van der Waals surface area contributed by atoms with Crippen LogP contribution in [0.3, 0.4) is 0 Å². The van der Waals surface area contributed by atoms with Crippen LogP contribution in [0.5, 0.6) is 5.75 Å². The van der Waals surface area contributed by atoms with Crippen molar-refractivity contribution in [3.8, 4) is 5.75 Å². The molecule has 1 aromatic carbocycles. The molecule has 0 heterocycles. The van der Waals surface area contributed by atoms with Gasteiger partial charge in [0.1, 0.15) is 0 Å². The molecule has 0 amide bonds. The zero-order chi connectivity index (χ0) is 15.8. The number of carboxylic acid groups (broad SMARTS) is 1. The maximum absolute atomic E-state index is 11.0. The van der Waals surface area contributed by atoms with Gasteiger partial charge in [-0.2, -0.15) is 0 Å². The molecule has 0 saturated carbocycles. The number of nitrogens with zero attached hydrogens (tertiary/aromatic N) is 1. The Bertz CT molecular complexity index is 505. The van der Waals surface area contributed by atoms with Crippen molar-refractivity contribution in [3.05, 3.63) is 33.9 Å². The van der Waals surface area contributed by atoms with Crippen LogP contribution < -0.4 is 10.1 Å². The Morgan fingerprint density at radius 3 is 2.81 bits per heavy atom. The van der Waals surface area contributed by atoms with Crippen LogP contribution in [-0.4, -0.2) is 42.4 Å². The van der Waals surface area contributed by atoms with E-state index in [0.29, 0.717) is 25.3 Å². The molecular weight excluding hydrogens is 280 g/mol. The molecule has 8 nitrogen and oxygen atoms in total. The molecule has 1 aromatic rings. The summed E-state index contributed by atoms with van der Waals surface area (Å²) in [5.41, 5.74) is 0.447. The number of methoxy groups -OCH3 is 1. The molecule has 2 N–H and O–H groups in total. The van der Waals surface area contributed by atoms with Crippen molar-refractivity contribution in [1.82, 2.24) is 5.32 Å². The molecule has 1 rings (SSSR count). The first-order chi connectivity index (χ1) is 9.95. The number of hydrogen-bond acceptors (Lipinski definition) is 6. The first-order valence-corrected chi connectivity index (χ1v) is 6.32. The molecule has 0 aliphatic rings. The van der Waals surface area contributed by atoms with Crippen LogP contribution in [0, 0.1) is 10.1 Å². The molecule has 116 valence electrons. The number of nitrogens with one attached hydrogen (secondary N) is 1. The molecule has 0 aromatic heterocycles. The summed E-state index contributed by atoms with van der Waals surface area (Å²) in [6.45, 7) is 2.92. The van der Waals surface area contributed by atoms with Crippen LogP contribution in [0.4, 0.5) is 5.69 Å². The molecule has 0 fully saturated rings. The minimum atomic E-state index is -1.19. The normalized spacial score (nSPS) is 11.9. The maximum Gasteiger partial charge on any atom is 0.344 e. The van der Waals surface area contributed by atoms with E-state index in [1.165, 1.54) is 19.1 Å². The Balaban J connectivity index is 2.81. The van der Waals surface area contributed by atoms with Gasteiger partial charge in [-0.3, -0.25) is 10.1 Å². The summed E-state index contributed by atoms with van der Waals surface area (Å²) >= 11 is 0. The van der Waals surface area contributed by atoms with Gasteiger partial charge in [0.2, 0.25) is 0 Å². The maximum atomic E-state index is 11.0. The van der Waals surface area contributed by atoms with Crippen LogP contribution in [-0.2, 0) is 16.1 Å². The third kappa shape index (κ3) is 5.36. The van der Waals surface area contributed by atoms with Gasteiger partial charge in [0.05, 0.1) is 11.5 Å². The standard InChI is InChI=1S/C13H18N2O6/c1-9(13(16)17)21-12-4-3-10(7-11(12)15(18)19)8-14-5-6-20-2/h3-4,7,9,14H,5-6,8H2,1-2H3,(H,16,17). The van der Waals surface area contributed by atoms with Crippen molar-refractivity contribution in [2.75, 3.05) is 20.3 Å². The molecule has 8 heteroatoms. The first kappa shape index (κ1) is 16.9. The van der Waals surface area contributed by atoms with Gasteiger partial charge < -0.3 is 19.9 Å². The number of nitro benzene ring substituents is 1. The smallest absolute Gasteiger partial charge is 0.344 e. The lowest BCUT2D eigenvalue weighted by molar-refractivity contribution is -0.386. The lowest BCUT2D eigenvalue weighted by Gasteiger charge is -2.11. The van der Waals surface area contributed by atoms with E-state index in [9.17, 15) is 14.9 Å². The molecule has 21 heavy (non-hydrogen) atoms. The summed E-state index contributed by atoms with van der Waals surface area (Å²) in [4.78, 5) is 21.2. The molecule has 0 saturated heterocycles. The predicted octanol–water partition coefficient (Wildman–Crippen LogP) is 1.18. The second kappa shape index (κ2) is 8.18. The quantitative estimate of drug-likeness (QED) is 0.400. The van der Waals surface area contributed by atoms with Crippen LogP contribution in [0.2, 0.25) is 0 Å². The van der Waals surface area contributed by atoms with Crippen LogP contribution in [0.15, 0.2) is 18.2 Å². The SMILES string of the molecule is COCCNCc1ccc(OC(C)C(=O)O)c([N+](=O)[O-])c1. The zero-order valence-corrected chi connectivity index (χ0v) is 11.9. The Hall–Kier alpha value is -2.19. The van der Waals surface area contributed by atoms with E-state index in [1.54, 1.807) is 13.2 Å². The Kier molecular flexibility index (Phi) is 6.57. The minimum Gasteiger partial charge on any atom is -0.479 e. The third-order valence-corrected chi connectivity index (χ3v) is 2.68. The van der Waals surface area contributed by atoms with Gasteiger partial charge in [-0.25, -0.2) is 4.79 Å². The zero-order valence-electron chi connectivity index (χ0n) is 11.9. The highest BCUT2D eigenvalue weighted by molar-refractivity contribution is 5.72. The molecular formula is C13H18N2O6. The van der Waals surface area contributed by atoms with Crippen LogP contribution in [0.1, 0.15) is 12.5 Å². The number of ether oxygens (including phenoxy) is 2. The van der Waals surface area contributed by atoms with Crippen molar-refractivity contribution in [2.24, 2.45) is 0 Å². The Morgan fingerprint density at radius 1 is 1.52 bits per heavy atom. The van der Waals surface area contributed by atoms with Gasteiger partial charge in [-0.15, -0.1) is 0 Å². The topological polar surface area (TPSA) is 111 Å². The van der Waals surface area contributed by atoms with Crippen molar-refractivity contribution in [2.45, 2.75) is 19.6 Å². The van der Waals surface area contributed by atoms with E-state index in [1.807, 2.05) is 0 Å². The van der Waals surface area contributed by atoms with E-state index >= 15 is 0 Å². The fraction of sp³-hybridized carbons (Fsp3) is 0.462. The van der Waals surface area contributed by atoms with E-state index < -0.39 is 17.0 Å². The van der Waals surface area contributed by atoms with Crippen molar-refractivity contribution < 1.29 is 24.3 Å². The second-order valence-electron chi connectivity index (χ2n) is 4.33. The predicted molar refractivity (Wildman–Crippen MR) is 74.4 cm³/mol. The number of carboxylic acids is 1. The van der Waals surface area contributed by atoms with Gasteiger partial charge >= 0.3 is 11.7 Å². The average Bonchev–Trinajstić information content (AvgIpc) is 2.44.